The van der Waals surface area contributed by atoms with Gasteiger partial charge in [0.2, 0.25) is 0 Å². The van der Waals surface area contributed by atoms with Gasteiger partial charge in [-0.25, -0.2) is 4.39 Å². The van der Waals surface area contributed by atoms with Crippen LogP contribution in [0.15, 0.2) is 22.7 Å². The summed E-state index contributed by atoms with van der Waals surface area (Å²) in [4.78, 5) is 11.7. The lowest BCUT2D eigenvalue weighted by Crippen LogP contribution is -2.27. The highest BCUT2D eigenvalue weighted by molar-refractivity contribution is 9.10. The second-order valence-electron chi connectivity index (χ2n) is 3.18. The number of rotatable bonds is 6. The molecule has 0 unspecified atom stereocenters. The molecule has 1 aromatic carbocycles. The molecule has 0 spiro atoms. The molecule has 0 atom stereocenters. The van der Waals surface area contributed by atoms with Crippen molar-refractivity contribution in [3.05, 3.63) is 34.1 Å². The van der Waals surface area contributed by atoms with Gasteiger partial charge in [0.15, 0.2) is 0 Å². The Labute approximate surface area is 116 Å². The molecule has 6 heteroatoms. The fraction of sp³-hybridized carbons (Fsp3) is 0.364. The van der Waals surface area contributed by atoms with Crippen LogP contribution >= 0.6 is 31.9 Å². The standard InChI is InChI=1S/C11H12Br2FNO2/c12-3-5-17-6-4-15-11(16)9-2-1-8(14)7-10(9)13/h1-2,7H,3-6H2,(H,15,16). The molecule has 0 saturated heterocycles. The summed E-state index contributed by atoms with van der Waals surface area (Å²) in [5.41, 5.74) is 0.409. The molecular formula is C11H12Br2FNO2. The normalized spacial score (nSPS) is 10.3. The van der Waals surface area contributed by atoms with Gasteiger partial charge >= 0.3 is 0 Å². The minimum absolute atomic E-state index is 0.251. The Morgan fingerprint density at radius 2 is 2.18 bits per heavy atom. The summed E-state index contributed by atoms with van der Waals surface area (Å²) in [6.07, 6.45) is 0. The van der Waals surface area contributed by atoms with Crippen molar-refractivity contribution in [3.8, 4) is 0 Å². The summed E-state index contributed by atoms with van der Waals surface area (Å²) in [6, 6.07) is 3.95. The Hall–Kier alpha value is -0.460. The lowest BCUT2D eigenvalue weighted by molar-refractivity contribution is 0.0923. The zero-order valence-electron chi connectivity index (χ0n) is 9.01. The van der Waals surface area contributed by atoms with Crippen LogP contribution in [0.3, 0.4) is 0 Å². The summed E-state index contributed by atoms with van der Waals surface area (Å²) < 4.78 is 18.4. The van der Waals surface area contributed by atoms with Gasteiger partial charge in [0.1, 0.15) is 5.82 Å². The highest BCUT2D eigenvalue weighted by Crippen LogP contribution is 2.17. The maximum atomic E-state index is 12.8. The molecule has 0 aliphatic carbocycles. The smallest absolute Gasteiger partial charge is 0.252 e. The molecule has 0 fully saturated rings. The number of benzene rings is 1. The number of hydrogen-bond acceptors (Lipinski definition) is 2. The number of alkyl halides is 1. The maximum absolute atomic E-state index is 12.8. The van der Waals surface area contributed by atoms with Gasteiger partial charge < -0.3 is 10.1 Å². The quantitative estimate of drug-likeness (QED) is 0.619. The van der Waals surface area contributed by atoms with Crippen molar-refractivity contribution in [1.82, 2.24) is 5.32 Å². The SMILES string of the molecule is O=C(NCCOCCBr)c1ccc(F)cc1Br. The molecule has 0 saturated carbocycles. The molecule has 1 rings (SSSR count). The number of carbonyl (C=O) groups excluding carboxylic acids is 1. The van der Waals surface area contributed by atoms with Crippen molar-refractivity contribution in [2.24, 2.45) is 0 Å². The van der Waals surface area contributed by atoms with Crippen LogP contribution < -0.4 is 5.32 Å². The predicted molar refractivity (Wildman–Crippen MR) is 71.0 cm³/mol. The van der Waals surface area contributed by atoms with E-state index in [9.17, 15) is 9.18 Å². The molecule has 94 valence electrons. The minimum atomic E-state index is -0.380. The first-order valence-corrected chi connectivity index (χ1v) is 6.93. The monoisotopic (exact) mass is 367 g/mol. The molecule has 17 heavy (non-hydrogen) atoms. The van der Waals surface area contributed by atoms with Crippen LogP contribution in [-0.4, -0.2) is 31.0 Å². The van der Waals surface area contributed by atoms with Gasteiger partial charge in [-0.2, -0.15) is 0 Å². The van der Waals surface area contributed by atoms with Crippen LogP contribution in [0.25, 0.3) is 0 Å². The molecule has 1 amide bonds. The summed E-state index contributed by atoms with van der Waals surface area (Å²) in [7, 11) is 0. The average molecular weight is 369 g/mol. The Morgan fingerprint density at radius 3 is 2.82 bits per heavy atom. The van der Waals surface area contributed by atoms with Gasteiger partial charge in [-0.05, 0) is 34.1 Å². The average Bonchev–Trinajstić information content (AvgIpc) is 2.28. The fourth-order valence-corrected chi connectivity index (χ4v) is 1.92. The molecule has 3 nitrogen and oxygen atoms in total. The first-order chi connectivity index (χ1) is 8.15. The van der Waals surface area contributed by atoms with Gasteiger partial charge in [-0.3, -0.25) is 4.79 Å². The molecule has 0 aliphatic rings. The Balaban J connectivity index is 2.42. The molecule has 0 aromatic heterocycles. The number of hydrogen-bond donors (Lipinski definition) is 1. The molecule has 0 radical (unpaired) electrons. The van der Waals surface area contributed by atoms with Gasteiger partial charge in [-0.1, -0.05) is 15.9 Å². The van der Waals surface area contributed by atoms with E-state index >= 15 is 0 Å². The third kappa shape index (κ3) is 5.14. The number of carbonyl (C=O) groups is 1. The van der Waals surface area contributed by atoms with Crippen LogP contribution in [-0.2, 0) is 4.74 Å². The van der Waals surface area contributed by atoms with Crippen LogP contribution in [0, 0.1) is 5.82 Å². The molecule has 0 heterocycles. The predicted octanol–water partition coefficient (Wildman–Crippen LogP) is 2.73. The van der Waals surface area contributed by atoms with Crippen molar-refractivity contribution < 1.29 is 13.9 Å². The van der Waals surface area contributed by atoms with E-state index in [4.69, 9.17) is 4.74 Å². The van der Waals surface area contributed by atoms with E-state index in [0.29, 0.717) is 29.8 Å². The van der Waals surface area contributed by atoms with Crippen molar-refractivity contribution >= 4 is 37.8 Å². The van der Waals surface area contributed by atoms with E-state index in [2.05, 4.69) is 37.2 Å². The molecule has 0 bridgehead atoms. The lowest BCUT2D eigenvalue weighted by atomic mass is 10.2. The highest BCUT2D eigenvalue weighted by atomic mass is 79.9. The second kappa shape index (κ2) is 7.79. The third-order valence-corrected chi connectivity index (χ3v) is 2.91. The van der Waals surface area contributed by atoms with Crippen molar-refractivity contribution in [3.63, 3.8) is 0 Å². The molecule has 1 aromatic rings. The van der Waals surface area contributed by atoms with E-state index in [1.807, 2.05) is 0 Å². The lowest BCUT2D eigenvalue weighted by Gasteiger charge is -2.07. The Morgan fingerprint density at radius 1 is 1.41 bits per heavy atom. The second-order valence-corrected chi connectivity index (χ2v) is 4.83. The van der Waals surface area contributed by atoms with Gasteiger partial charge in [0.05, 0.1) is 18.8 Å². The number of ether oxygens (including phenoxy) is 1. The van der Waals surface area contributed by atoms with Crippen molar-refractivity contribution in [2.75, 3.05) is 25.1 Å². The Bertz CT molecular complexity index is 388. The van der Waals surface area contributed by atoms with E-state index in [0.717, 1.165) is 5.33 Å². The summed E-state index contributed by atoms with van der Waals surface area (Å²) in [5.74, 6) is -0.631. The van der Waals surface area contributed by atoms with Gasteiger partial charge in [-0.15, -0.1) is 0 Å². The Kier molecular flexibility index (Phi) is 6.69. The summed E-state index contributed by atoms with van der Waals surface area (Å²) in [5, 5.41) is 3.45. The highest BCUT2D eigenvalue weighted by Gasteiger charge is 2.09. The molecular weight excluding hydrogens is 357 g/mol. The summed E-state index contributed by atoms with van der Waals surface area (Å²) >= 11 is 6.37. The van der Waals surface area contributed by atoms with Gasteiger partial charge in [0.25, 0.3) is 5.91 Å². The van der Waals surface area contributed by atoms with E-state index < -0.39 is 0 Å². The van der Waals surface area contributed by atoms with E-state index in [1.165, 1.54) is 18.2 Å². The zero-order chi connectivity index (χ0) is 12.7. The number of halogens is 3. The fourth-order valence-electron chi connectivity index (χ4n) is 1.16. The number of nitrogens with one attached hydrogen (secondary N) is 1. The van der Waals surface area contributed by atoms with E-state index in [1.54, 1.807) is 0 Å². The summed E-state index contributed by atoms with van der Waals surface area (Å²) in [6.45, 7) is 1.49. The third-order valence-electron chi connectivity index (χ3n) is 1.93. The van der Waals surface area contributed by atoms with Crippen molar-refractivity contribution in [1.29, 1.82) is 0 Å². The van der Waals surface area contributed by atoms with E-state index in [-0.39, 0.29) is 11.7 Å². The first-order valence-electron chi connectivity index (χ1n) is 5.02. The topological polar surface area (TPSA) is 38.3 Å². The molecule has 0 aliphatic heterocycles. The van der Waals surface area contributed by atoms with Crippen LogP contribution in [0.4, 0.5) is 4.39 Å². The van der Waals surface area contributed by atoms with Crippen LogP contribution in [0.1, 0.15) is 10.4 Å². The zero-order valence-corrected chi connectivity index (χ0v) is 12.2. The maximum Gasteiger partial charge on any atom is 0.252 e. The first kappa shape index (κ1) is 14.6. The van der Waals surface area contributed by atoms with Crippen LogP contribution in [0.5, 0.6) is 0 Å². The molecule has 1 N–H and O–H groups in total. The van der Waals surface area contributed by atoms with Gasteiger partial charge in [0, 0.05) is 16.3 Å². The largest absolute Gasteiger partial charge is 0.379 e. The van der Waals surface area contributed by atoms with Crippen LogP contribution in [0.2, 0.25) is 0 Å². The minimum Gasteiger partial charge on any atom is -0.379 e. The van der Waals surface area contributed by atoms with Crippen molar-refractivity contribution in [2.45, 2.75) is 0 Å². The number of amides is 1.